The number of amides is 2. The van der Waals surface area contributed by atoms with Crippen molar-refractivity contribution in [1.82, 2.24) is 10.2 Å². The maximum Gasteiger partial charge on any atom is 0.264 e. The molecule has 0 aliphatic heterocycles. The molecule has 1 N–H and O–H groups in total. The highest BCUT2D eigenvalue weighted by molar-refractivity contribution is 9.10. The topological polar surface area (TPSA) is 86.8 Å². The third-order valence-corrected chi connectivity index (χ3v) is 9.45. The van der Waals surface area contributed by atoms with Gasteiger partial charge in [0, 0.05) is 23.5 Å². The summed E-state index contributed by atoms with van der Waals surface area (Å²) in [6.45, 7) is 7.05. The van der Waals surface area contributed by atoms with Crippen molar-refractivity contribution in [2.45, 2.75) is 57.6 Å². The van der Waals surface area contributed by atoms with Crippen molar-refractivity contribution in [3.8, 4) is 0 Å². The van der Waals surface area contributed by atoms with Gasteiger partial charge in [-0.15, -0.1) is 0 Å². The van der Waals surface area contributed by atoms with Gasteiger partial charge < -0.3 is 10.2 Å². The van der Waals surface area contributed by atoms with Gasteiger partial charge in [-0.3, -0.25) is 13.9 Å². The lowest BCUT2D eigenvalue weighted by Crippen LogP contribution is -2.54. The van der Waals surface area contributed by atoms with Crippen LogP contribution in [-0.4, -0.2) is 43.8 Å². The third-order valence-electron chi connectivity index (χ3n) is 7.19. The summed E-state index contributed by atoms with van der Waals surface area (Å²) >= 11 is 3.51. The highest BCUT2D eigenvalue weighted by atomic mass is 79.9. The van der Waals surface area contributed by atoms with Crippen molar-refractivity contribution in [2.24, 2.45) is 0 Å². The Balaban J connectivity index is 1.83. The molecule has 44 heavy (non-hydrogen) atoms. The molecule has 0 heterocycles. The van der Waals surface area contributed by atoms with Crippen LogP contribution in [0.4, 0.5) is 5.69 Å². The lowest BCUT2D eigenvalue weighted by atomic mass is 10.0. The van der Waals surface area contributed by atoms with E-state index in [0.717, 1.165) is 21.2 Å². The van der Waals surface area contributed by atoms with Gasteiger partial charge in [-0.1, -0.05) is 88.7 Å². The molecule has 9 heteroatoms. The van der Waals surface area contributed by atoms with Gasteiger partial charge in [-0.05, 0) is 80.3 Å². The van der Waals surface area contributed by atoms with Crippen LogP contribution in [0.15, 0.2) is 112 Å². The number of rotatable bonds is 12. The predicted molar refractivity (Wildman–Crippen MR) is 179 cm³/mol. The maximum absolute atomic E-state index is 14.5. The number of anilines is 1. The van der Waals surface area contributed by atoms with Crippen molar-refractivity contribution >= 4 is 43.5 Å². The Morgan fingerprint density at radius 1 is 0.818 bits per heavy atom. The van der Waals surface area contributed by atoms with Gasteiger partial charge >= 0.3 is 0 Å². The molecule has 0 saturated heterocycles. The molecule has 230 valence electrons. The minimum Gasteiger partial charge on any atom is -0.352 e. The van der Waals surface area contributed by atoms with Crippen LogP contribution >= 0.6 is 15.9 Å². The highest BCUT2D eigenvalue weighted by Gasteiger charge is 2.35. The first kappa shape index (κ1) is 33.0. The summed E-state index contributed by atoms with van der Waals surface area (Å²) in [4.78, 5) is 29.9. The van der Waals surface area contributed by atoms with E-state index in [4.69, 9.17) is 0 Å². The molecule has 0 aliphatic rings. The molecule has 2 amide bonds. The van der Waals surface area contributed by atoms with Crippen molar-refractivity contribution in [1.29, 1.82) is 0 Å². The molecule has 4 aromatic rings. The molecule has 7 nitrogen and oxygen atoms in total. The fourth-order valence-corrected chi connectivity index (χ4v) is 6.93. The predicted octanol–water partition coefficient (Wildman–Crippen LogP) is 6.43. The second-order valence-electron chi connectivity index (χ2n) is 11.1. The molecule has 0 spiro atoms. The standard InChI is InChI=1S/C35H38BrN3O4S/c1-25(2)37-35(41)33(22-28-12-7-5-8-13-28)38(23-29-14-11-15-30(36)21-29)34(40)24-39(32-20-26(3)18-19-27(32)4)44(42,43)31-16-9-6-10-17-31/h5-21,25,33H,22-24H2,1-4H3,(H,37,41)/t33-/m1/s1. The normalized spacial score (nSPS) is 12.0. The van der Waals surface area contributed by atoms with Crippen molar-refractivity contribution < 1.29 is 18.0 Å². The summed E-state index contributed by atoms with van der Waals surface area (Å²) < 4.78 is 30.3. The quantitative estimate of drug-likeness (QED) is 0.188. The van der Waals surface area contributed by atoms with Crippen LogP contribution < -0.4 is 9.62 Å². The summed E-state index contributed by atoms with van der Waals surface area (Å²) in [6.07, 6.45) is 0.258. The molecular weight excluding hydrogens is 638 g/mol. The smallest absolute Gasteiger partial charge is 0.264 e. The minimum absolute atomic E-state index is 0.0747. The number of carbonyl (C=O) groups excluding carboxylic acids is 2. The molecular formula is C35H38BrN3O4S. The Morgan fingerprint density at radius 2 is 1.45 bits per heavy atom. The van der Waals surface area contributed by atoms with Crippen LogP contribution in [-0.2, 0) is 32.6 Å². The van der Waals surface area contributed by atoms with E-state index in [2.05, 4.69) is 21.2 Å². The Bertz CT molecular complexity index is 1700. The molecule has 0 aromatic heterocycles. The Labute approximate surface area is 269 Å². The number of nitrogens with one attached hydrogen (secondary N) is 1. The number of hydrogen-bond acceptors (Lipinski definition) is 4. The summed E-state index contributed by atoms with van der Waals surface area (Å²) in [5, 5.41) is 2.98. The summed E-state index contributed by atoms with van der Waals surface area (Å²) in [5.74, 6) is -0.804. The Kier molecular flexibility index (Phi) is 11.0. The molecule has 0 radical (unpaired) electrons. The fourth-order valence-electron chi connectivity index (χ4n) is 4.99. The number of halogens is 1. The number of sulfonamides is 1. The van der Waals surface area contributed by atoms with Gasteiger partial charge in [-0.2, -0.15) is 0 Å². The van der Waals surface area contributed by atoms with Crippen LogP contribution in [0.25, 0.3) is 0 Å². The molecule has 0 bridgehead atoms. The number of aryl methyl sites for hydroxylation is 2. The maximum atomic E-state index is 14.5. The largest absolute Gasteiger partial charge is 0.352 e. The van der Waals surface area contributed by atoms with Crippen molar-refractivity contribution in [3.05, 3.63) is 130 Å². The Morgan fingerprint density at radius 3 is 2.09 bits per heavy atom. The first-order valence-electron chi connectivity index (χ1n) is 14.5. The van der Waals surface area contributed by atoms with E-state index in [-0.39, 0.29) is 29.8 Å². The second kappa shape index (κ2) is 14.7. The Hall–Kier alpha value is -3.95. The monoisotopic (exact) mass is 675 g/mol. The molecule has 4 aromatic carbocycles. The van der Waals surface area contributed by atoms with Crippen LogP contribution in [0.5, 0.6) is 0 Å². The van der Waals surface area contributed by atoms with Crippen molar-refractivity contribution in [2.75, 3.05) is 10.8 Å². The zero-order chi connectivity index (χ0) is 31.9. The fraction of sp³-hybridized carbons (Fsp3) is 0.257. The van der Waals surface area contributed by atoms with E-state index in [1.165, 1.54) is 21.3 Å². The van der Waals surface area contributed by atoms with Crippen LogP contribution in [0.1, 0.15) is 36.1 Å². The number of carbonyl (C=O) groups is 2. The van der Waals surface area contributed by atoms with E-state index < -0.39 is 28.5 Å². The van der Waals surface area contributed by atoms with Gasteiger partial charge in [0.15, 0.2) is 0 Å². The van der Waals surface area contributed by atoms with Crippen LogP contribution in [0, 0.1) is 13.8 Å². The molecule has 0 fully saturated rings. The SMILES string of the molecule is Cc1ccc(C)c(N(CC(=O)N(Cc2cccc(Br)c2)[C@H](Cc2ccccc2)C(=O)NC(C)C)S(=O)(=O)c2ccccc2)c1. The lowest BCUT2D eigenvalue weighted by Gasteiger charge is -2.34. The van der Waals surface area contributed by atoms with Crippen LogP contribution in [0.3, 0.4) is 0 Å². The molecule has 0 aliphatic carbocycles. The minimum atomic E-state index is -4.15. The molecule has 0 saturated carbocycles. The van der Waals surface area contributed by atoms with Gasteiger partial charge in [0.1, 0.15) is 12.6 Å². The van der Waals surface area contributed by atoms with E-state index >= 15 is 0 Å². The average molecular weight is 677 g/mol. The zero-order valence-electron chi connectivity index (χ0n) is 25.4. The van der Waals surface area contributed by atoms with Gasteiger partial charge in [0.05, 0.1) is 10.6 Å². The lowest BCUT2D eigenvalue weighted by molar-refractivity contribution is -0.140. The number of nitrogens with zero attached hydrogens (tertiary/aromatic N) is 2. The first-order valence-corrected chi connectivity index (χ1v) is 16.7. The van der Waals surface area contributed by atoms with E-state index in [1.807, 2.05) is 94.4 Å². The number of hydrogen-bond donors (Lipinski definition) is 1. The zero-order valence-corrected chi connectivity index (χ0v) is 27.8. The first-order chi connectivity index (χ1) is 21.0. The van der Waals surface area contributed by atoms with Gasteiger partial charge in [0.25, 0.3) is 10.0 Å². The molecule has 4 rings (SSSR count). The van der Waals surface area contributed by atoms with E-state index in [0.29, 0.717) is 11.3 Å². The molecule has 1 atom stereocenters. The van der Waals surface area contributed by atoms with Gasteiger partial charge in [0.2, 0.25) is 11.8 Å². The van der Waals surface area contributed by atoms with Crippen molar-refractivity contribution in [3.63, 3.8) is 0 Å². The van der Waals surface area contributed by atoms with E-state index in [1.54, 1.807) is 24.3 Å². The summed E-state index contributed by atoms with van der Waals surface area (Å²) in [5.41, 5.74) is 3.66. The van der Waals surface area contributed by atoms with Gasteiger partial charge in [-0.25, -0.2) is 8.42 Å². The average Bonchev–Trinajstić information content (AvgIpc) is 2.99. The third kappa shape index (κ3) is 8.36. The number of benzene rings is 4. The highest BCUT2D eigenvalue weighted by Crippen LogP contribution is 2.29. The van der Waals surface area contributed by atoms with Crippen LogP contribution in [0.2, 0.25) is 0 Å². The van der Waals surface area contributed by atoms with E-state index in [9.17, 15) is 18.0 Å². The summed E-state index contributed by atoms with van der Waals surface area (Å²) in [6, 6.07) is 29.6. The second-order valence-corrected chi connectivity index (χ2v) is 13.9. The summed E-state index contributed by atoms with van der Waals surface area (Å²) in [7, 11) is -4.15. The molecule has 0 unspecified atom stereocenters.